The van der Waals surface area contributed by atoms with Crippen LogP contribution in [0.1, 0.15) is 45.2 Å². The number of hydrogen-bond acceptors (Lipinski definition) is 4. The van der Waals surface area contributed by atoms with Crippen LogP contribution in [0.5, 0.6) is 0 Å². The molecule has 3 nitrogen and oxygen atoms in total. The Morgan fingerprint density at radius 2 is 1.88 bits per heavy atom. The molecule has 0 fully saturated rings. The minimum atomic E-state index is -0.0487. The number of nitrogens with one attached hydrogen (secondary N) is 1. The summed E-state index contributed by atoms with van der Waals surface area (Å²) in [5.74, 6) is 0.799. The standard InChI is InChI=1S/C21H22N2OS2/c1-14-6-4-5-7-20(14)15(2)22-21(24)17-8-10-19(11-9-17)26-13-18-12-25-16(3)23-18/h4-12,15H,13H2,1-3H3,(H,22,24). The predicted octanol–water partition coefficient (Wildman–Crippen LogP) is 5.54. The minimum absolute atomic E-state index is 0.0225. The number of thioether (sulfide) groups is 1. The molecule has 5 heteroatoms. The second-order valence-corrected chi connectivity index (χ2v) is 8.33. The summed E-state index contributed by atoms with van der Waals surface area (Å²) >= 11 is 3.41. The average molecular weight is 383 g/mol. The molecule has 1 amide bonds. The molecular formula is C21H22N2OS2. The number of carbonyl (C=O) groups is 1. The maximum atomic E-state index is 12.5. The van der Waals surface area contributed by atoms with E-state index in [-0.39, 0.29) is 11.9 Å². The number of amides is 1. The highest BCUT2D eigenvalue weighted by atomic mass is 32.2. The Balaban J connectivity index is 1.59. The molecule has 0 aliphatic carbocycles. The van der Waals surface area contributed by atoms with E-state index < -0.39 is 0 Å². The van der Waals surface area contributed by atoms with E-state index in [1.807, 2.05) is 50.2 Å². The van der Waals surface area contributed by atoms with Gasteiger partial charge >= 0.3 is 0 Å². The van der Waals surface area contributed by atoms with Gasteiger partial charge in [-0.25, -0.2) is 4.98 Å². The molecule has 3 aromatic rings. The number of nitrogens with zero attached hydrogens (tertiary/aromatic N) is 1. The highest BCUT2D eigenvalue weighted by Gasteiger charge is 2.13. The van der Waals surface area contributed by atoms with Gasteiger partial charge in [0.25, 0.3) is 5.91 Å². The van der Waals surface area contributed by atoms with Crippen LogP contribution in [-0.2, 0) is 5.75 Å². The molecule has 1 heterocycles. The Morgan fingerprint density at radius 3 is 2.54 bits per heavy atom. The molecule has 0 saturated carbocycles. The summed E-state index contributed by atoms with van der Waals surface area (Å²) in [4.78, 5) is 18.1. The van der Waals surface area contributed by atoms with Crippen LogP contribution in [0, 0.1) is 13.8 Å². The fraction of sp³-hybridized carbons (Fsp3) is 0.238. The molecule has 26 heavy (non-hydrogen) atoms. The normalized spacial score (nSPS) is 12.0. The minimum Gasteiger partial charge on any atom is -0.346 e. The van der Waals surface area contributed by atoms with Crippen molar-refractivity contribution in [1.82, 2.24) is 10.3 Å². The first kappa shape index (κ1) is 18.7. The van der Waals surface area contributed by atoms with E-state index in [9.17, 15) is 4.79 Å². The molecule has 134 valence electrons. The Labute approximate surface area is 162 Å². The molecular weight excluding hydrogens is 360 g/mol. The topological polar surface area (TPSA) is 42.0 Å². The number of thiazole rings is 1. The lowest BCUT2D eigenvalue weighted by molar-refractivity contribution is 0.0940. The molecule has 0 aliphatic rings. The number of aryl methyl sites for hydroxylation is 2. The van der Waals surface area contributed by atoms with E-state index in [1.54, 1.807) is 23.1 Å². The van der Waals surface area contributed by atoms with Crippen molar-refractivity contribution in [3.63, 3.8) is 0 Å². The highest BCUT2D eigenvalue weighted by Crippen LogP contribution is 2.24. The van der Waals surface area contributed by atoms with Crippen molar-refractivity contribution < 1.29 is 4.79 Å². The van der Waals surface area contributed by atoms with Crippen molar-refractivity contribution in [3.8, 4) is 0 Å². The zero-order valence-corrected chi connectivity index (χ0v) is 16.8. The number of aromatic nitrogens is 1. The second-order valence-electron chi connectivity index (χ2n) is 6.22. The summed E-state index contributed by atoms with van der Waals surface area (Å²) in [6.45, 7) is 6.10. The molecule has 0 spiro atoms. The van der Waals surface area contributed by atoms with E-state index in [2.05, 4.69) is 34.7 Å². The summed E-state index contributed by atoms with van der Waals surface area (Å²) < 4.78 is 0. The van der Waals surface area contributed by atoms with Gasteiger partial charge in [0.05, 0.1) is 16.7 Å². The van der Waals surface area contributed by atoms with Crippen LogP contribution in [0.15, 0.2) is 58.8 Å². The lowest BCUT2D eigenvalue weighted by Gasteiger charge is -2.16. The largest absolute Gasteiger partial charge is 0.346 e. The molecule has 1 unspecified atom stereocenters. The number of carbonyl (C=O) groups excluding carboxylic acids is 1. The van der Waals surface area contributed by atoms with Crippen molar-refractivity contribution in [3.05, 3.63) is 81.3 Å². The number of benzene rings is 2. The van der Waals surface area contributed by atoms with Crippen LogP contribution < -0.4 is 5.32 Å². The van der Waals surface area contributed by atoms with Crippen LogP contribution in [0.4, 0.5) is 0 Å². The van der Waals surface area contributed by atoms with E-state index in [0.29, 0.717) is 5.56 Å². The first-order valence-corrected chi connectivity index (χ1v) is 10.4. The summed E-state index contributed by atoms with van der Waals surface area (Å²) in [6.07, 6.45) is 0. The van der Waals surface area contributed by atoms with Crippen molar-refractivity contribution >= 4 is 29.0 Å². The van der Waals surface area contributed by atoms with E-state index >= 15 is 0 Å². The Bertz CT molecular complexity index is 887. The Kier molecular flexibility index (Phi) is 6.12. The van der Waals surface area contributed by atoms with Crippen LogP contribution in [0.3, 0.4) is 0 Å². The third-order valence-corrected chi connectivity index (χ3v) is 6.04. The van der Waals surface area contributed by atoms with Crippen molar-refractivity contribution in [2.24, 2.45) is 0 Å². The van der Waals surface area contributed by atoms with Gasteiger partial charge in [0.2, 0.25) is 0 Å². The first-order chi connectivity index (χ1) is 12.5. The zero-order chi connectivity index (χ0) is 18.5. The van der Waals surface area contributed by atoms with Crippen molar-refractivity contribution in [2.75, 3.05) is 0 Å². The maximum absolute atomic E-state index is 12.5. The number of hydrogen-bond donors (Lipinski definition) is 1. The van der Waals surface area contributed by atoms with Crippen molar-refractivity contribution in [1.29, 1.82) is 0 Å². The first-order valence-electron chi connectivity index (χ1n) is 8.53. The Morgan fingerprint density at radius 1 is 1.15 bits per heavy atom. The van der Waals surface area contributed by atoms with Gasteiger partial charge < -0.3 is 5.32 Å². The van der Waals surface area contributed by atoms with E-state index in [0.717, 1.165) is 26.9 Å². The van der Waals surface area contributed by atoms with Gasteiger partial charge in [-0.15, -0.1) is 23.1 Å². The molecule has 1 aromatic heterocycles. The zero-order valence-electron chi connectivity index (χ0n) is 15.2. The van der Waals surface area contributed by atoms with Gasteiger partial charge in [-0.2, -0.15) is 0 Å². The van der Waals surface area contributed by atoms with Gasteiger partial charge in [0.15, 0.2) is 0 Å². The molecule has 0 saturated heterocycles. The van der Waals surface area contributed by atoms with Crippen LogP contribution in [-0.4, -0.2) is 10.9 Å². The van der Waals surface area contributed by atoms with Gasteiger partial charge in [-0.3, -0.25) is 4.79 Å². The van der Waals surface area contributed by atoms with E-state index in [4.69, 9.17) is 0 Å². The van der Waals surface area contributed by atoms with Crippen LogP contribution in [0.2, 0.25) is 0 Å². The average Bonchev–Trinajstić information content (AvgIpc) is 3.06. The lowest BCUT2D eigenvalue weighted by atomic mass is 10.0. The molecule has 0 radical (unpaired) electrons. The Hall–Kier alpha value is -2.11. The van der Waals surface area contributed by atoms with E-state index in [1.165, 1.54) is 5.56 Å². The monoisotopic (exact) mass is 382 g/mol. The van der Waals surface area contributed by atoms with Gasteiger partial charge in [-0.1, -0.05) is 24.3 Å². The van der Waals surface area contributed by atoms with Crippen LogP contribution >= 0.6 is 23.1 Å². The molecule has 1 N–H and O–H groups in total. The maximum Gasteiger partial charge on any atom is 0.251 e. The molecule has 2 aromatic carbocycles. The van der Waals surface area contributed by atoms with Gasteiger partial charge in [0, 0.05) is 21.6 Å². The number of rotatable bonds is 6. The van der Waals surface area contributed by atoms with Gasteiger partial charge in [-0.05, 0) is 56.2 Å². The fourth-order valence-corrected chi connectivity index (χ4v) is 4.27. The molecule has 0 aliphatic heterocycles. The SMILES string of the molecule is Cc1nc(CSc2ccc(C(=O)NC(C)c3ccccc3C)cc2)cs1. The summed E-state index contributed by atoms with van der Waals surface area (Å²) in [5, 5.41) is 6.27. The lowest BCUT2D eigenvalue weighted by Crippen LogP contribution is -2.27. The summed E-state index contributed by atoms with van der Waals surface area (Å²) in [5.41, 5.74) is 4.11. The third kappa shape index (κ3) is 4.74. The smallest absolute Gasteiger partial charge is 0.251 e. The van der Waals surface area contributed by atoms with Gasteiger partial charge in [0.1, 0.15) is 0 Å². The van der Waals surface area contributed by atoms with Crippen LogP contribution in [0.25, 0.3) is 0 Å². The summed E-state index contributed by atoms with van der Waals surface area (Å²) in [7, 11) is 0. The quantitative estimate of drug-likeness (QED) is 0.569. The highest BCUT2D eigenvalue weighted by molar-refractivity contribution is 7.98. The molecule has 0 bridgehead atoms. The second kappa shape index (κ2) is 8.52. The fourth-order valence-electron chi connectivity index (χ4n) is 2.76. The molecule has 1 atom stereocenters. The van der Waals surface area contributed by atoms with Crippen molar-refractivity contribution in [2.45, 2.75) is 37.5 Å². The third-order valence-electron chi connectivity index (χ3n) is 4.17. The molecule has 3 rings (SSSR count). The summed E-state index contributed by atoms with van der Waals surface area (Å²) in [6, 6.07) is 15.9. The predicted molar refractivity (Wildman–Crippen MR) is 110 cm³/mol.